The summed E-state index contributed by atoms with van der Waals surface area (Å²) < 4.78 is 50.2. The zero-order valence-corrected chi connectivity index (χ0v) is 11.3. The highest BCUT2D eigenvalue weighted by Crippen LogP contribution is 2.29. The molecule has 0 unspecified atom stereocenters. The van der Waals surface area contributed by atoms with Crippen molar-refractivity contribution in [2.24, 2.45) is 0 Å². The minimum absolute atomic E-state index is 0.00932. The summed E-state index contributed by atoms with van der Waals surface area (Å²) in [5.41, 5.74) is -0.445. The molecule has 21 heavy (non-hydrogen) atoms. The predicted molar refractivity (Wildman–Crippen MR) is 73.0 cm³/mol. The van der Waals surface area contributed by atoms with Gasteiger partial charge in [0.1, 0.15) is 5.82 Å². The summed E-state index contributed by atoms with van der Waals surface area (Å²) in [5.74, 6) is -1.13. The van der Waals surface area contributed by atoms with E-state index in [-0.39, 0.29) is 16.1 Å². The Kier molecular flexibility index (Phi) is 4.22. The van der Waals surface area contributed by atoms with Gasteiger partial charge in [0.25, 0.3) is 5.91 Å². The normalized spacial score (nSPS) is 11.3. The highest BCUT2D eigenvalue weighted by atomic mass is 32.1. The van der Waals surface area contributed by atoms with Crippen molar-refractivity contribution in [3.8, 4) is 0 Å². The second-order valence-electron chi connectivity index (χ2n) is 4.20. The van der Waals surface area contributed by atoms with Crippen LogP contribution in [0.3, 0.4) is 0 Å². The summed E-state index contributed by atoms with van der Waals surface area (Å²) in [6.07, 6.45) is -4.43. The van der Waals surface area contributed by atoms with Gasteiger partial charge in [0, 0.05) is 16.1 Å². The lowest BCUT2D eigenvalue weighted by Gasteiger charge is -2.09. The summed E-state index contributed by atoms with van der Waals surface area (Å²) in [4.78, 5) is 11.9. The number of carbonyl (C=O) groups is 1. The molecule has 2 nitrogen and oxygen atoms in total. The molecule has 0 fully saturated rings. The molecule has 0 aliphatic rings. The molecule has 7 heteroatoms. The summed E-state index contributed by atoms with van der Waals surface area (Å²) in [5, 5.41) is 2.42. The number of thiol groups is 1. The molecule has 0 aromatic heterocycles. The van der Waals surface area contributed by atoms with Crippen molar-refractivity contribution in [1.29, 1.82) is 0 Å². The van der Waals surface area contributed by atoms with Crippen LogP contribution in [0.15, 0.2) is 47.4 Å². The van der Waals surface area contributed by atoms with E-state index in [0.29, 0.717) is 0 Å². The molecule has 0 bridgehead atoms. The third-order valence-corrected chi connectivity index (χ3v) is 3.02. The first-order chi connectivity index (χ1) is 9.77. The van der Waals surface area contributed by atoms with Crippen molar-refractivity contribution in [3.63, 3.8) is 0 Å². The van der Waals surface area contributed by atoms with E-state index in [1.807, 2.05) is 0 Å². The molecule has 0 heterocycles. The zero-order chi connectivity index (χ0) is 15.6. The molecule has 1 N–H and O–H groups in total. The molecule has 0 saturated heterocycles. The highest BCUT2D eigenvalue weighted by Gasteiger charge is 2.29. The molecule has 0 saturated carbocycles. The van der Waals surface area contributed by atoms with E-state index in [2.05, 4.69) is 17.9 Å². The molecule has 2 aromatic rings. The summed E-state index contributed by atoms with van der Waals surface area (Å²) >= 11 is 3.85. The van der Waals surface area contributed by atoms with E-state index < -0.39 is 23.5 Å². The third kappa shape index (κ3) is 3.75. The van der Waals surface area contributed by atoms with E-state index in [1.54, 1.807) is 0 Å². The molecular formula is C14H9F4NOS. The molecule has 2 rings (SSSR count). The maximum Gasteiger partial charge on any atom is 0.416 e. The van der Waals surface area contributed by atoms with Crippen LogP contribution in [0.4, 0.5) is 23.2 Å². The van der Waals surface area contributed by atoms with Crippen LogP contribution in [0.1, 0.15) is 15.9 Å². The Morgan fingerprint density at radius 2 is 1.67 bits per heavy atom. The van der Waals surface area contributed by atoms with Crippen molar-refractivity contribution in [1.82, 2.24) is 0 Å². The first kappa shape index (κ1) is 15.4. The number of halogens is 4. The first-order valence-corrected chi connectivity index (χ1v) is 6.19. The van der Waals surface area contributed by atoms with E-state index in [9.17, 15) is 22.4 Å². The van der Waals surface area contributed by atoms with Gasteiger partial charge < -0.3 is 5.32 Å². The van der Waals surface area contributed by atoms with E-state index >= 15 is 0 Å². The SMILES string of the molecule is O=C(Nc1ccc(C(F)(F)F)cc1)c1ccc(F)c(S)c1. The maximum atomic E-state index is 13.0. The van der Waals surface area contributed by atoms with Gasteiger partial charge in [-0.05, 0) is 42.5 Å². The van der Waals surface area contributed by atoms with Gasteiger partial charge in [0.2, 0.25) is 0 Å². The monoisotopic (exact) mass is 315 g/mol. The Labute approximate surface area is 123 Å². The van der Waals surface area contributed by atoms with Crippen LogP contribution in [-0.2, 0) is 6.18 Å². The average Bonchev–Trinajstić information content (AvgIpc) is 2.41. The van der Waals surface area contributed by atoms with Gasteiger partial charge in [0.05, 0.1) is 5.56 Å². The molecule has 110 valence electrons. The number of hydrogen-bond acceptors (Lipinski definition) is 2. The minimum atomic E-state index is -4.43. The van der Waals surface area contributed by atoms with Crippen LogP contribution in [0.25, 0.3) is 0 Å². The first-order valence-electron chi connectivity index (χ1n) is 5.74. The Morgan fingerprint density at radius 1 is 1.05 bits per heavy atom. The largest absolute Gasteiger partial charge is 0.416 e. The van der Waals surface area contributed by atoms with E-state index in [1.165, 1.54) is 12.1 Å². The second-order valence-corrected chi connectivity index (χ2v) is 4.68. The lowest BCUT2D eigenvalue weighted by molar-refractivity contribution is -0.137. The Morgan fingerprint density at radius 3 is 2.19 bits per heavy atom. The van der Waals surface area contributed by atoms with Gasteiger partial charge in [-0.1, -0.05) is 0 Å². The van der Waals surface area contributed by atoms with Crippen LogP contribution >= 0.6 is 12.6 Å². The Bertz CT molecular complexity index is 668. The Balaban J connectivity index is 2.14. The summed E-state index contributed by atoms with van der Waals surface area (Å²) in [6.45, 7) is 0. The van der Waals surface area contributed by atoms with Gasteiger partial charge in [-0.25, -0.2) is 4.39 Å². The number of alkyl halides is 3. The molecule has 0 aliphatic heterocycles. The smallest absolute Gasteiger partial charge is 0.322 e. The van der Waals surface area contributed by atoms with Crippen molar-refractivity contribution in [3.05, 3.63) is 59.4 Å². The Hall–Kier alpha value is -2.02. The topological polar surface area (TPSA) is 29.1 Å². The number of carbonyl (C=O) groups excluding carboxylic acids is 1. The van der Waals surface area contributed by atoms with Crippen molar-refractivity contribution in [2.75, 3.05) is 5.32 Å². The van der Waals surface area contributed by atoms with Crippen LogP contribution in [0.5, 0.6) is 0 Å². The molecule has 0 aliphatic carbocycles. The van der Waals surface area contributed by atoms with E-state index in [0.717, 1.165) is 30.3 Å². The highest BCUT2D eigenvalue weighted by molar-refractivity contribution is 7.80. The number of hydrogen-bond donors (Lipinski definition) is 2. The van der Waals surface area contributed by atoms with Crippen molar-refractivity contribution < 1.29 is 22.4 Å². The van der Waals surface area contributed by atoms with Crippen molar-refractivity contribution >= 4 is 24.2 Å². The standard InChI is InChI=1S/C14H9F4NOS/c15-11-6-1-8(7-12(11)21)13(20)19-10-4-2-9(3-5-10)14(16,17)18/h1-7,21H,(H,19,20). The molecule has 2 aromatic carbocycles. The summed E-state index contributed by atoms with van der Waals surface area (Å²) in [6, 6.07) is 7.60. The van der Waals surface area contributed by atoms with Gasteiger partial charge in [-0.15, -0.1) is 12.6 Å². The van der Waals surface area contributed by atoms with Gasteiger partial charge in [-0.3, -0.25) is 4.79 Å². The predicted octanol–water partition coefficient (Wildman–Crippen LogP) is 4.39. The lowest BCUT2D eigenvalue weighted by atomic mass is 10.1. The lowest BCUT2D eigenvalue weighted by Crippen LogP contribution is -2.12. The minimum Gasteiger partial charge on any atom is -0.322 e. The third-order valence-electron chi connectivity index (χ3n) is 2.68. The van der Waals surface area contributed by atoms with Gasteiger partial charge in [-0.2, -0.15) is 13.2 Å². The van der Waals surface area contributed by atoms with Gasteiger partial charge in [0.15, 0.2) is 0 Å². The molecule has 0 spiro atoms. The van der Waals surface area contributed by atoms with Gasteiger partial charge >= 0.3 is 6.18 Å². The van der Waals surface area contributed by atoms with Crippen molar-refractivity contribution in [2.45, 2.75) is 11.1 Å². The number of rotatable bonds is 2. The fourth-order valence-corrected chi connectivity index (χ4v) is 1.81. The molecule has 1 amide bonds. The average molecular weight is 315 g/mol. The van der Waals surface area contributed by atoms with Crippen LogP contribution < -0.4 is 5.32 Å². The van der Waals surface area contributed by atoms with Crippen LogP contribution in [0.2, 0.25) is 0 Å². The van der Waals surface area contributed by atoms with Crippen LogP contribution in [0, 0.1) is 5.82 Å². The van der Waals surface area contributed by atoms with Crippen LogP contribution in [-0.4, -0.2) is 5.91 Å². The van der Waals surface area contributed by atoms with E-state index in [4.69, 9.17) is 0 Å². The fraction of sp³-hybridized carbons (Fsp3) is 0.0714. The number of anilines is 1. The number of amides is 1. The second kappa shape index (κ2) is 5.77. The quantitative estimate of drug-likeness (QED) is 0.625. The number of nitrogens with one attached hydrogen (secondary N) is 1. The fourth-order valence-electron chi connectivity index (χ4n) is 1.60. The molecular weight excluding hydrogens is 306 g/mol. The zero-order valence-electron chi connectivity index (χ0n) is 10.4. The summed E-state index contributed by atoms with van der Waals surface area (Å²) in [7, 11) is 0. The molecule has 0 atom stereocenters. The molecule has 0 radical (unpaired) electrons. The number of benzene rings is 2. The maximum absolute atomic E-state index is 13.0.